The first-order chi connectivity index (χ1) is 10.7. The molecule has 0 amide bonds. The van der Waals surface area contributed by atoms with Gasteiger partial charge in [0.1, 0.15) is 0 Å². The Balaban J connectivity index is 2.02. The van der Waals surface area contributed by atoms with Gasteiger partial charge in [0.2, 0.25) is 0 Å². The largest absolute Gasteiger partial charge is 0.490 e. The van der Waals surface area contributed by atoms with E-state index in [2.05, 4.69) is 15.3 Å². The van der Waals surface area contributed by atoms with Crippen molar-refractivity contribution in [3.05, 3.63) is 40.4 Å². The van der Waals surface area contributed by atoms with Gasteiger partial charge in [-0.25, -0.2) is 4.98 Å². The van der Waals surface area contributed by atoms with E-state index in [1.807, 2.05) is 26.0 Å². The number of halogens is 1. The summed E-state index contributed by atoms with van der Waals surface area (Å²) in [5.74, 6) is 1.28. The van der Waals surface area contributed by atoms with Crippen LogP contribution in [0.25, 0.3) is 0 Å². The Hall–Kier alpha value is -1.72. The van der Waals surface area contributed by atoms with Crippen molar-refractivity contribution in [2.75, 3.05) is 19.8 Å². The van der Waals surface area contributed by atoms with E-state index in [-0.39, 0.29) is 6.04 Å². The molecule has 1 aliphatic rings. The van der Waals surface area contributed by atoms with Crippen LogP contribution in [0.4, 0.5) is 0 Å². The lowest BCUT2D eigenvalue weighted by atomic mass is 9.97. The molecule has 5 nitrogen and oxygen atoms in total. The number of fused-ring (bicyclic) bond motifs is 1. The monoisotopic (exact) mass is 321 g/mol. The minimum Gasteiger partial charge on any atom is -0.490 e. The van der Waals surface area contributed by atoms with Crippen LogP contribution in [0.15, 0.2) is 18.5 Å². The lowest BCUT2D eigenvalue weighted by Gasteiger charge is -2.24. The first kappa shape index (κ1) is 15.2. The zero-order chi connectivity index (χ0) is 15.5. The maximum absolute atomic E-state index is 6.41. The second kappa shape index (κ2) is 6.58. The van der Waals surface area contributed by atoms with Crippen molar-refractivity contribution in [3.63, 3.8) is 0 Å². The van der Waals surface area contributed by atoms with E-state index in [0.717, 1.165) is 24.2 Å². The maximum Gasteiger partial charge on any atom is 0.179 e. The van der Waals surface area contributed by atoms with Gasteiger partial charge in [-0.05, 0) is 31.5 Å². The molecule has 3 rings (SSSR count). The summed E-state index contributed by atoms with van der Waals surface area (Å²) in [6.07, 6.45) is 2.69. The summed E-state index contributed by atoms with van der Waals surface area (Å²) >= 11 is 6.41. The summed E-state index contributed by atoms with van der Waals surface area (Å²) in [6, 6.07) is 3.93. The van der Waals surface area contributed by atoms with E-state index in [9.17, 15) is 0 Å². The van der Waals surface area contributed by atoms with Crippen LogP contribution in [0.2, 0.25) is 5.02 Å². The fourth-order valence-corrected chi connectivity index (χ4v) is 3.07. The lowest BCUT2D eigenvalue weighted by molar-refractivity contribution is 0.287. The van der Waals surface area contributed by atoms with Crippen LogP contribution in [0.3, 0.4) is 0 Å². The SMILES string of the molecule is CCOc1cc([C@H]2NCCc3[nH]cnc32)cc(Cl)c1OCC. The molecular formula is C16H20ClN3O2. The van der Waals surface area contributed by atoms with Gasteiger partial charge in [0, 0.05) is 18.7 Å². The number of nitrogens with one attached hydrogen (secondary N) is 2. The predicted octanol–water partition coefficient (Wildman–Crippen LogP) is 3.10. The van der Waals surface area contributed by atoms with E-state index >= 15 is 0 Å². The van der Waals surface area contributed by atoms with Crippen LogP contribution in [0.5, 0.6) is 11.5 Å². The Morgan fingerprint density at radius 2 is 2.09 bits per heavy atom. The summed E-state index contributed by atoms with van der Waals surface area (Å²) in [5, 5.41) is 4.05. The molecule has 1 aromatic heterocycles. The molecular weight excluding hydrogens is 302 g/mol. The highest BCUT2D eigenvalue weighted by molar-refractivity contribution is 6.32. The van der Waals surface area contributed by atoms with Gasteiger partial charge in [-0.15, -0.1) is 0 Å². The molecule has 0 aliphatic carbocycles. The second-order valence-corrected chi connectivity index (χ2v) is 5.51. The molecule has 0 radical (unpaired) electrons. The van der Waals surface area contributed by atoms with Gasteiger partial charge in [0.25, 0.3) is 0 Å². The van der Waals surface area contributed by atoms with Crippen molar-refractivity contribution in [2.45, 2.75) is 26.3 Å². The highest BCUT2D eigenvalue weighted by Gasteiger charge is 2.25. The van der Waals surface area contributed by atoms with Crippen LogP contribution in [0, 0.1) is 0 Å². The number of imidazole rings is 1. The van der Waals surface area contributed by atoms with E-state index in [1.54, 1.807) is 6.33 Å². The number of rotatable bonds is 5. The fraction of sp³-hybridized carbons (Fsp3) is 0.438. The molecule has 22 heavy (non-hydrogen) atoms. The second-order valence-electron chi connectivity index (χ2n) is 5.10. The first-order valence-electron chi connectivity index (χ1n) is 7.59. The standard InChI is InChI=1S/C16H20ClN3O2/c1-3-21-13-8-10(7-11(17)16(13)22-4-2)14-15-12(5-6-18-14)19-9-20-15/h7-9,14,18H,3-6H2,1-2H3,(H,19,20)/t14-/m1/s1. The minimum absolute atomic E-state index is 0.0161. The van der Waals surface area contributed by atoms with Gasteiger partial charge in [-0.3, -0.25) is 0 Å². The number of hydrogen-bond acceptors (Lipinski definition) is 4. The van der Waals surface area contributed by atoms with Gasteiger partial charge < -0.3 is 19.8 Å². The lowest BCUT2D eigenvalue weighted by Crippen LogP contribution is -2.30. The molecule has 2 aromatic rings. The molecule has 1 aromatic carbocycles. The van der Waals surface area contributed by atoms with Crippen LogP contribution in [-0.2, 0) is 6.42 Å². The van der Waals surface area contributed by atoms with Crippen LogP contribution in [-0.4, -0.2) is 29.7 Å². The van der Waals surface area contributed by atoms with E-state index in [1.165, 1.54) is 5.69 Å². The van der Waals surface area contributed by atoms with Crippen LogP contribution >= 0.6 is 11.6 Å². The van der Waals surface area contributed by atoms with E-state index < -0.39 is 0 Å². The Morgan fingerprint density at radius 3 is 2.86 bits per heavy atom. The molecule has 0 fully saturated rings. The Labute approximate surface area is 135 Å². The number of aromatic nitrogens is 2. The first-order valence-corrected chi connectivity index (χ1v) is 7.97. The van der Waals surface area contributed by atoms with Crippen LogP contribution in [0.1, 0.15) is 36.8 Å². The molecule has 0 unspecified atom stereocenters. The third-order valence-electron chi connectivity index (χ3n) is 3.70. The minimum atomic E-state index is 0.0161. The summed E-state index contributed by atoms with van der Waals surface area (Å²) in [4.78, 5) is 7.65. The van der Waals surface area contributed by atoms with Crippen molar-refractivity contribution in [2.24, 2.45) is 0 Å². The molecule has 2 heterocycles. The molecule has 1 atom stereocenters. The van der Waals surface area contributed by atoms with Crippen LogP contribution < -0.4 is 14.8 Å². The van der Waals surface area contributed by atoms with Gasteiger partial charge in [0.15, 0.2) is 11.5 Å². The summed E-state index contributed by atoms with van der Waals surface area (Å²) in [7, 11) is 0. The van der Waals surface area contributed by atoms with Gasteiger partial charge in [0.05, 0.1) is 36.3 Å². The molecule has 0 saturated carbocycles. The molecule has 1 aliphatic heterocycles. The number of ether oxygens (including phenoxy) is 2. The highest BCUT2D eigenvalue weighted by atomic mass is 35.5. The smallest absolute Gasteiger partial charge is 0.179 e. The summed E-state index contributed by atoms with van der Waals surface area (Å²) in [6.45, 7) is 5.88. The average molecular weight is 322 g/mol. The number of hydrogen-bond donors (Lipinski definition) is 2. The molecule has 118 valence electrons. The third kappa shape index (κ3) is 2.78. The van der Waals surface area contributed by atoms with E-state index in [4.69, 9.17) is 21.1 Å². The number of nitrogens with zero attached hydrogens (tertiary/aromatic N) is 1. The summed E-state index contributed by atoms with van der Waals surface area (Å²) in [5.41, 5.74) is 3.23. The number of H-pyrrole nitrogens is 1. The third-order valence-corrected chi connectivity index (χ3v) is 3.98. The van der Waals surface area contributed by atoms with Crippen molar-refractivity contribution in [1.29, 1.82) is 0 Å². The molecule has 2 N–H and O–H groups in total. The molecule has 0 saturated heterocycles. The maximum atomic E-state index is 6.41. The Morgan fingerprint density at radius 1 is 1.27 bits per heavy atom. The zero-order valence-corrected chi connectivity index (χ0v) is 13.5. The topological polar surface area (TPSA) is 59.2 Å². The van der Waals surface area contributed by atoms with Crippen molar-refractivity contribution >= 4 is 11.6 Å². The molecule has 6 heteroatoms. The Bertz CT molecular complexity index is 657. The number of aromatic amines is 1. The highest BCUT2D eigenvalue weighted by Crippen LogP contribution is 2.40. The predicted molar refractivity (Wildman–Crippen MR) is 85.9 cm³/mol. The normalized spacial score (nSPS) is 17.1. The summed E-state index contributed by atoms with van der Waals surface area (Å²) < 4.78 is 11.3. The van der Waals surface area contributed by atoms with Crippen molar-refractivity contribution < 1.29 is 9.47 Å². The zero-order valence-electron chi connectivity index (χ0n) is 12.8. The van der Waals surface area contributed by atoms with E-state index in [0.29, 0.717) is 29.7 Å². The quantitative estimate of drug-likeness (QED) is 0.888. The molecule has 0 spiro atoms. The van der Waals surface area contributed by atoms with Crippen molar-refractivity contribution in [1.82, 2.24) is 15.3 Å². The average Bonchev–Trinajstić information content (AvgIpc) is 2.99. The van der Waals surface area contributed by atoms with Gasteiger partial charge in [-0.1, -0.05) is 11.6 Å². The van der Waals surface area contributed by atoms with Gasteiger partial charge >= 0.3 is 0 Å². The molecule has 0 bridgehead atoms. The van der Waals surface area contributed by atoms with Crippen molar-refractivity contribution in [3.8, 4) is 11.5 Å². The fourth-order valence-electron chi connectivity index (χ4n) is 2.80. The Kier molecular flexibility index (Phi) is 4.55. The van der Waals surface area contributed by atoms with Gasteiger partial charge in [-0.2, -0.15) is 0 Å². The number of benzene rings is 1.